The quantitative estimate of drug-likeness (QED) is 0.505. The Hall–Kier alpha value is -0.160. The highest BCUT2D eigenvalue weighted by Crippen LogP contribution is 2.00. The van der Waals surface area contributed by atoms with Gasteiger partial charge < -0.3 is 20.0 Å². The minimum Gasteiger partial charge on any atom is -0.395 e. The van der Waals surface area contributed by atoms with Crippen molar-refractivity contribution in [3.8, 4) is 0 Å². The molecular formula is C15H34N2O2. The molecule has 0 spiro atoms. The number of aliphatic hydroxyl groups excluding tert-OH is 2. The maximum Gasteiger partial charge on any atom is 0.0558 e. The van der Waals surface area contributed by atoms with Gasteiger partial charge >= 0.3 is 0 Å². The molecule has 0 aromatic carbocycles. The van der Waals surface area contributed by atoms with Crippen LogP contribution < -0.4 is 0 Å². The Morgan fingerprint density at radius 2 is 0.947 bits per heavy atom. The number of aliphatic hydroxyl groups is 2. The van der Waals surface area contributed by atoms with E-state index >= 15 is 0 Å². The first-order valence-electron chi connectivity index (χ1n) is 7.94. The van der Waals surface area contributed by atoms with Crippen LogP contribution in [0.25, 0.3) is 0 Å². The lowest BCUT2D eigenvalue weighted by Gasteiger charge is -2.25. The van der Waals surface area contributed by atoms with Crippen LogP contribution >= 0.6 is 0 Å². The van der Waals surface area contributed by atoms with Crippen molar-refractivity contribution in [2.45, 2.75) is 46.0 Å². The minimum absolute atomic E-state index is 0.250. The molecule has 2 N–H and O–H groups in total. The van der Waals surface area contributed by atoms with Gasteiger partial charge in [0.05, 0.1) is 13.2 Å². The summed E-state index contributed by atoms with van der Waals surface area (Å²) in [6.07, 6.45) is 5.93. The first kappa shape index (κ1) is 18.8. The van der Waals surface area contributed by atoms with Gasteiger partial charge in [0.25, 0.3) is 0 Å². The van der Waals surface area contributed by atoms with E-state index < -0.39 is 0 Å². The molecule has 0 heterocycles. The van der Waals surface area contributed by atoms with Gasteiger partial charge in [0.2, 0.25) is 0 Å². The van der Waals surface area contributed by atoms with E-state index in [2.05, 4.69) is 23.6 Å². The van der Waals surface area contributed by atoms with Crippen LogP contribution in [0, 0.1) is 0 Å². The first-order valence-corrected chi connectivity index (χ1v) is 7.94. The second-order valence-corrected chi connectivity index (χ2v) is 5.19. The van der Waals surface area contributed by atoms with Gasteiger partial charge in [-0.25, -0.2) is 0 Å². The highest BCUT2D eigenvalue weighted by Gasteiger charge is 2.06. The highest BCUT2D eigenvalue weighted by atomic mass is 16.3. The fourth-order valence-corrected chi connectivity index (χ4v) is 2.24. The summed E-state index contributed by atoms with van der Waals surface area (Å²) < 4.78 is 0. The Bertz CT molecular complexity index is 162. The highest BCUT2D eigenvalue weighted by molar-refractivity contribution is 4.62. The van der Waals surface area contributed by atoms with Gasteiger partial charge in [-0.3, -0.25) is 0 Å². The Balaban J connectivity index is 3.83. The normalized spacial score (nSPS) is 11.7. The van der Waals surface area contributed by atoms with Gasteiger partial charge in [-0.2, -0.15) is 0 Å². The van der Waals surface area contributed by atoms with E-state index in [1.165, 1.54) is 25.7 Å². The van der Waals surface area contributed by atoms with Crippen LogP contribution in [0.4, 0.5) is 0 Å². The molecule has 4 heteroatoms. The van der Waals surface area contributed by atoms with Gasteiger partial charge in [0, 0.05) is 13.1 Å². The van der Waals surface area contributed by atoms with Crippen molar-refractivity contribution in [3.05, 3.63) is 0 Å². The molecule has 0 unspecified atom stereocenters. The molecule has 0 saturated carbocycles. The van der Waals surface area contributed by atoms with Gasteiger partial charge in [0.15, 0.2) is 0 Å². The van der Waals surface area contributed by atoms with E-state index in [-0.39, 0.29) is 13.2 Å². The largest absolute Gasteiger partial charge is 0.395 e. The molecule has 0 amide bonds. The lowest BCUT2D eigenvalue weighted by atomic mass is 10.2. The fourth-order valence-electron chi connectivity index (χ4n) is 2.24. The molecule has 0 saturated heterocycles. The molecule has 0 rings (SSSR count). The molecule has 4 nitrogen and oxygen atoms in total. The van der Waals surface area contributed by atoms with Crippen LogP contribution in [0.5, 0.6) is 0 Å². The van der Waals surface area contributed by atoms with Crippen LogP contribution in [0.15, 0.2) is 0 Å². The van der Waals surface area contributed by atoms with Crippen molar-refractivity contribution in [3.63, 3.8) is 0 Å². The summed E-state index contributed by atoms with van der Waals surface area (Å²) in [6, 6.07) is 0. The van der Waals surface area contributed by atoms with Crippen molar-refractivity contribution >= 4 is 0 Å². The number of nitrogens with zero attached hydrogens (tertiary/aromatic N) is 2. The number of hydrogen-bond acceptors (Lipinski definition) is 4. The second kappa shape index (κ2) is 14.3. The molecule has 0 aliphatic carbocycles. The van der Waals surface area contributed by atoms with Gasteiger partial charge in [-0.15, -0.1) is 0 Å². The van der Waals surface area contributed by atoms with Gasteiger partial charge in [-0.05, 0) is 45.4 Å². The third kappa shape index (κ3) is 11.4. The Labute approximate surface area is 119 Å². The lowest BCUT2D eigenvalue weighted by Crippen LogP contribution is -2.34. The smallest absolute Gasteiger partial charge is 0.0558 e. The number of unbranched alkanes of at least 4 members (excludes halogenated alkanes) is 2. The molecule has 0 fully saturated rings. The van der Waals surface area contributed by atoms with Gasteiger partial charge in [0.1, 0.15) is 0 Å². The molecule has 0 aliphatic heterocycles. The molecule has 0 aromatic heterocycles. The monoisotopic (exact) mass is 274 g/mol. The average molecular weight is 274 g/mol. The maximum atomic E-state index is 9.06. The summed E-state index contributed by atoms with van der Waals surface area (Å²) in [5.41, 5.74) is 0. The fraction of sp³-hybridized carbons (Fsp3) is 1.00. The summed E-state index contributed by atoms with van der Waals surface area (Å²) in [7, 11) is 0. The Kier molecular flexibility index (Phi) is 14.1. The summed E-state index contributed by atoms with van der Waals surface area (Å²) >= 11 is 0. The average Bonchev–Trinajstić information content (AvgIpc) is 2.42. The summed E-state index contributed by atoms with van der Waals surface area (Å²) in [4.78, 5) is 4.70. The summed E-state index contributed by atoms with van der Waals surface area (Å²) in [5.74, 6) is 0. The van der Waals surface area contributed by atoms with E-state index in [4.69, 9.17) is 10.2 Å². The molecule has 19 heavy (non-hydrogen) atoms. The number of hydrogen-bond donors (Lipinski definition) is 2. The standard InChI is InChI=1S/C15H34N2O2/c1-3-5-8-16(12-14-18)10-7-11-17(13-15-19)9-6-4-2/h18-19H,3-15H2,1-2H3. The zero-order chi connectivity index (χ0) is 14.3. The molecular weight excluding hydrogens is 240 g/mol. The van der Waals surface area contributed by atoms with Crippen LogP contribution in [0.3, 0.4) is 0 Å². The topological polar surface area (TPSA) is 46.9 Å². The lowest BCUT2D eigenvalue weighted by molar-refractivity contribution is 0.166. The third-order valence-electron chi connectivity index (χ3n) is 3.44. The van der Waals surface area contributed by atoms with Crippen LogP contribution in [-0.4, -0.2) is 72.5 Å². The van der Waals surface area contributed by atoms with Crippen LogP contribution in [0.1, 0.15) is 46.0 Å². The minimum atomic E-state index is 0.250. The van der Waals surface area contributed by atoms with Crippen molar-refractivity contribution in [1.82, 2.24) is 9.80 Å². The summed E-state index contributed by atoms with van der Waals surface area (Å²) in [6.45, 7) is 10.8. The van der Waals surface area contributed by atoms with Crippen LogP contribution in [-0.2, 0) is 0 Å². The Morgan fingerprint density at radius 3 is 1.26 bits per heavy atom. The van der Waals surface area contributed by atoms with E-state index in [1.54, 1.807) is 0 Å². The third-order valence-corrected chi connectivity index (χ3v) is 3.44. The van der Waals surface area contributed by atoms with E-state index in [0.717, 1.165) is 45.7 Å². The van der Waals surface area contributed by atoms with E-state index in [1.807, 2.05) is 0 Å². The van der Waals surface area contributed by atoms with Crippen molar-refractivity contribution in [2.75, 3.05) is 52.5 Å². The molecule has 0 atom stereocenters. The predicted octanol–water partition coefficient (Wildman–Crippen LogP) is 1.57. The number of rotatable bonds is 14. The van der Waals surface area contributed by atoms with E-state index in [0.29, 0.717) is 0 Å². The summed E-state index contributed by atoms with van der Waals surface area (Å²) in [5, 5.41) is 18.1. The van der Waals surface area contributed by atoms with Crippen molar-refractivity contribution in [2.24, 2.45) is 0 Å². The first-order chi connectivity index (χ1) is 9.28. The van der Waals surface area contributed by atoms with Gasteiger partial charge in [-0.1, -0.05) is 26.7 Å². The Morgan fingerprint density at radius 1 is 0.579 bits per heavy atom. The van der Waals surface area contributed by atoms with E-state index in [9.17, 15) is 0 Å². The second-order valence-electron chi connectivity index (χ2n) is 5.19. The molecule has 0 aliphatic rings. The SMILES string of the molecule is CCCCN(CCO)CCCN(CCO)CCCC. The van der Waals surface area contributed by atoms with Crippen molar-refractivity contribution < 1.29 is 10.2 Å². The molecule has 0 radical (unpaired) electrons. The molecule has 116 valence electrons. The molecule has 0 bridgehead atoms. The van der Waals surface area contributed by atoms with Crippen molar-refractivity contribution in [1.29, 1.82) is 0 Å². The van der Waals surface area contributed by atoms with Crippen LogP contribution in [0.2, 0.25) is 0 Å². The molecule has 0 aromatic rings. The zero-order valence-corrected chi connectivity index (χ0v) is 13.0. The maximum absolute atomic E-state index is 9.06. The zero-order valence-electron chi connectivity index (χ0n) is 13.0. The predicted molar refractivity (Wildman–Crippen MR) is 81.5 cm³/mol.